The molecule has 2 aromatic rings. The van der Waals surface area contributed by atoms with Crippen molar-refractivity contribution < 1.29 is 19.1 Å². The smallest absolute Gasteiger partial charge is 0.189 e. The Balaban J connectivity index is 1.15. The van der Waals surface area contributed by atoms with E-state index in [-0.39, 0.29) is 36.0 Å². The van der Waals surface area contributed by atoms with E-state index in [0.717, 1.165) is 35.4 Å². The first kappa shape index (κ1) is 26.2. The summed E-state index contributed by atoms with van der Waals surface area (Å²) >= 11 is 0. The van der Waals surface area contributed by atoms with Crippen LogP contribution in [-0.2, 0) is 9.47 Å². The van der Waals surface area contributed by atoms with Crippen LogP contribution < -0.4 is 0 Å². The molecule has 0 unspecified atom stereocenters. The summed E-state index contributed by atoms with van der Waals surface area (Å²) in [6.45, 7) is 4.62. The van der Waals surface area contributed by atoms with Crippen LogP contribution in [0, 0.1) is 23.7 Å². The monoisotopic (exact) mass is 516 g/mol. The van der Waals surface area contributed by atoms with Crippen molar-refractivity contribution in [2.24, 2.45) is 23.7 Å². The summed E-state index contributed by atoms with van der Waals surface area (Å²) in [5.41, 5.74) is 0.879. The number of ketones is 2. The van der Waals surface area contributed by atoms with Gasteiger partial charge in [-0.3, -0.25) is 9.59 Å². The quantitative estimate of drug-likeness (QED) is 0.334. The Kier molecular flexibility index (Phi) is 7.24. The zero-order valence-corrected chi connectivity index (χ0v) is 23.3. The molecular weight excluding hydrogens is 472 g/mol. The lowest BCUT2D eigenvalue weighted by Crippen LogP contribution is -2.45. The van der Waals surface area contributed by atoms with Gasteiger partial charge in [-0.15, -0.1) is 0 Å². The molecule has 4 saturated carbocycles. The van der Waals surface area contributed by atoms with Crippen LogP contribution in [0.5, 0.6) is 0 Å². The highest BCUT2D eigenvalue weighted by Gasteiger charge is 2.44. The van der Waals surface area contributed by atoms with Gasteiger partial charge in [0.1, 0.15) is 13.2 Å². The Hall–Kier alpha value is -2.04. The molecule has 4 nitrogen and oxygen atoms in total. The number of benzene rings is 2. The molecule has 0 N–H and O–H groups in total. The highest BCUT2D eigenvalue weighted by Crippen LogP contribution is 2.48. The molecule has 4 bridgehead atoms. The first-order valence-electron chi connectivity index (χ1n) is 15.2. The first-order valence-corrected chi connectivity index (χ1v) is 15.2. The molecule has 4 aliphatic carbocycles. The van der Waals surface area contributed by atoms with Gasteiger partial charge in [0.2, 0.25) is 0 Å². The summed E-state index contributed by atoms with van der Waals surface area (Å²) in [4.78, 5) is 26.9. The Labute approximate surface area is 227 Å². The Morgan fingerprint density at radius 2 is 1.13 bits per heavy atom. The second-order valence-corrected chi connectivity index (χ2v) is 13.3. The van der Waals surface area contributed by atoms with Crippen LogP contribution in [0.2, 0.25) is 0 Å². The topological polar surface area (TPSA) is 52.6 Å². The molecule has 0 heterocycles. The van der Waals surface area contributed by atoms with Gasteiger partial charge in [-0.05, 0) is 99.7 Å². The predicted octanol–water partition coefficient (Wildman–Crippen LogP) is 7.96. The van der Waals surface area contributed by atoms with Gasteiger partial charge >= 0.3 is 0 Å². The second kappa shape index (κ2) is 10.5. The molecule has 0 saturated heterocycles. The molecule has 0 radical (unpaired) electrons. The van der Waals surface area contributed by atoms with E-state index in [1.54, 1.807) is 0 Å². The Morgan fingerprint density at radius 1 is 0.684 bits per heavy atom. The average Bonchev–Trinajstić information content (AvgIpc) is 2.95. The third-order valence-electron chi connectivity index (χ3n) is 11.0. The lowest BCUT2D eigenvalue weighted by atomic mass is 9.65. The van der Waals surface area contributed by atoms with E-state index in [1.165, 1.54) is 64.2 Å². The number of ether oxygens (including phenoxy) is 2. The fourth-order valence-electron chi connectivity index (χ4n) is 8.40. The van der Waals surface area contributed by atoms with Gasteiger partial charge in [0.15, 0.2) is 11.6 Å². The van der Waals surface area contributed by atoms with Crippen molar-refractivity contribution in [2.45, 2.75) is 102 Å². The number of fused-ring (bicyclic) bond motifs is 5. The maximum atomic E-state index is 13.4. The fraction of sp³-hybridized carbons (Fsp3) is 0.647. The lowest BCUT2D eigenvalue weighted by Gasteiger charge is -2.47. The Morgan fingerprint density at radius 3 is 1.58 bits per heavy atom. The van der Waals surface area contributed by atoms with Crippen LogP contribution in [0.1, 0.15) is 112 Å². The number of carbonyl (C=O) groups is 2. The van der Waals surface area contributed by atoms with Crippen molar-refractivity contribution in [2.75, 3.05) is 13.2 Å². The number of Topliss-reactive ketones (excluding diaryl/α,β-unsaturated/α-hetero) is 2. The van der Waals surface area contributed by atoms with Gasteiger partial charge in [0.05, 0.1) is 11.2 Å². The number of hydrogen-bond acceptors (Lipinski definition) is 4. The van der Waals surface area contributed by atoms with Crippen molar-refractivity contribution in [1.29, 1.82) is 0 Å². The van der Waals surface area contributed by atoms with Crippen LogP contribution in [0.15, 0.2) is 36.4 Å². The first-order chi connectivity index (χ1) is 18.3. The molecule has 0 aromatic heterocycles. The molecule has 4 heteroatoms. The van der Waals surface area contributed by atoms with Crippen LogP contribution >= 0.6 is 0 Å². The van der Waals surface area contributed by atoms with Crippen molar-refractivity contribution in [3.05, 3.63) is 47.5 Å². The van der Waals surface area contributed by atoms with Gasteiger partial charge < -0.3 is 9.47 Å². The van der Waals surface area contributed by atoms with Crippen molar-refractivity contribution in [3.8, 4) is 0 Å². The van der Waals surface area contributed by atoms with Gasteiger partial charge in [-0.25, -0.2) is 0 Å². The van der Waals surface area contributed by atoms with Gasteiger partial charge in [0.25, 0.3) is 0 Å². The van der Waals surface area contributed by atoms with Crippen LogP contribution in [0.25, 0.3) is 10.8 Å². The third-order valence-corrected chi connectivity index (χ3v) is 11.0. The number of carbonyl (C=O) groups excluding carboxylic acids is 2. The third kappa shape index (κ3) is 4.99. The van der Waals surface area contributed by atoms with Crippen LogP contribution in [0.4, 0.5) is 0 Å². The maximum absolute atomic E-state index is 13.4. The highest BCUT2D eigenvalue weighted by molar-refractivity contribution is 6.15. The standard InChI is InChI=1S/C34H44O4/c1-33(17-15-23-7-3-9-25(33)19-23)37-21-31(35)29-13-5-12-28-27(29)11-6-14-30(28)32(36)22-38-34(2)18-16-24-8-4-10-26(34)20-24/h5-6,11-14,23-26H,3-4,7-10,15-22H2,1-2H3/t23-,24-,25-,26-,33-,34-/m0/s1. The van der Waals surface area contributed by atoms with Crippen molar-refractivity contribution in [1.82, 2.24) is 0 Å². The summed E-state index contributed by atoms with van der Waals surface area (Å²) in [5, 5.41) is 1.66. The van der Waals surface area contributed by atoms with E-state index in [1.807, 2.05) is 36.4 Å². The zero-order chi connectivity index (χ0) is 26.3. The highest BCUT2D eigenvalue weighted by atomic mass is 16.5. The van der Waals surface area contributed by atoms with E-state index in [0.29, 0.717) is 23.0 Å². The normalized spacial score (nSPS) is 34.7. The zero-order valence-electron chi connectivity index (χ0n) is 23.3. The predicted molar refractivity (Wildman–Crippen MR) is 151 cm³/mol. The van der Waals surface area contributed by atoms with E-state index in [2.05, 4.69) is 13.8 Å². The average molecular weight is 517 g/mol. The van der Waals surface area contributed by atoms with Crippen molar-refractivity contribution >= 4 is 22.3 Å². The molecule has 6 rings (SSSR count). The minimum Gasteiger partial charge on any atom is -0.367 e. The van der Waals surface area contributed by atoms with Gasteiger partial charge in [0, 0.05) is 11.1 Å². The molecule has 204 valence electrons. The largest absolute Gasteiger partial charge is 0.367 e. The molecule has 0 spiro atoms. The molecule has 4 fully saturated rings. The van der Waals surface area contributed by atoms with E-state index < -0.39 is 0 Å². The van der Waals surface area contributed by atoms with E-state index in [4.69, 9.17) is 9.47 Å². The summed E-state index contributed by atoms with van der Waals surface area (Å²) < 4.78 is 12.8. The molecule has 0 amide bonds. The van der Waals surface area contributed by atoms with Crippen LogP contribution in [0.3, 0.4) is 0 Å². The van der Waals surface area contributed by atoms with Gasteiger partial charge in [-0.1, -0.05) is 62.1 Å². The number of hydrogen-bond donors (Lipinski definition) is 0. The van der Waals surface area contributed by atoms with Crippen molar-refractivity contribution in [3.63, 3.8) is 0 Å². The molecule has 38 heavy (non-hydrogen) atoms. The SMILES string of the molecule is C[C@]1(OCC(=O)c2cccc3c(C(=O)CO[C@@]4(C)CC[C@@H]5CCC[C@H]4C5)cccc23)CC[C@@H]2CCC[C@H]1C2. The second-order valence-electron chi connectivity index (χ2n) is 13.3. The van der Waals surface area contributed by atoms with E-state index in [9.17, 15) is 9.59 Å². The molecule has 0 aliphatic heterocycles. The Bertz CT molecular complexity index is 1110. The summed E-state index contributed by atoms with van der Waals surface area (Å²) in [6.07, 6.45) is 14.7. The van der Waals surface area contributed by atoms with Crippen LogP contribution in [-0.4, -0.2) is 36.0 Å². The summed E-state index contributed by atoms with van der Waals surface area (Å²) in [7, 11) is 0. The molecule has 2 aromatic carbocycles. The summed E-state index contributed by atoms with van der Waals surface area (Å²) in [6, 6.07) is 11.5. The minimum absolute atomic E-state index is 0.00261. The molecule has 6 atom stereocenters. The number of rotatable bonds is 8. The van der Waals surface area contributed by atoms with Gasteiger partial charge in [-0.2, -0.15) is 0 Å². The molecule has 4 aliphatic rings. The lowest BCUT2D eigenvalue weighted by molar-refractivity contribution is -0.108. The maximum Gasteiger partial charge on any atom is 0.189 e. The molecular formula is C34H44O4. The van der Waals surface area contributed by atoms with E-state index >= 15 is 0 Å². The minimum atomic E-state index is -0.205. The fourth-order valence-corrected chi connectivity index (χ4v) is 8.40. The summed E-state index contributed by atoms with van der Waals surface area (Å²) in [5.74, 6) is 2.81.